The summed E-state index contributed by atoms with van der Waals surface area (Å²) < 4.78 is 62.0. The summed E-state index contributed by atoms with van der Waals surface area (Å²) in [5, 5.41) is 2.21. The molecule has 8 heteroatoms. The number of carbonyl (C=O) groups is 1. The van der Waals surface area contributed by atoms with E-state index >= 15 is 0 Å². The number of anilines is 1. The van der Waals surface area contributed by atoms with Crippen molar-refractivity contribution in [2.24, 2.45) is 0 Å². The molecule has 0 fully saturated rings. The number of alkyl halides is 3. The Morgan fingerprint density at radius 3 is 2.45 bits per heavy atom. The van der Waals surface area contributed by atoms with E-state index in [9.17, 15) is 26.7 Å². The lowest BCUT2D eigenvalue weighted by atomic mass is 10.1. The first-order chi connectivity index (χ1) is 9.20. The first-order valence-electron chi connectivity index (χ1n) is 5.80. The van der Waals surface area contributed by atoms with Crippen molar-refractivity contribution in [2.75, 3.05) is 12.3 Å². The molecule has 3 N–H and O–H groups in total. The minimum Gasteiger partial charge on any atom is -0.396 e. The highest BCUT2D eigenvalue weighted by Gasteiger charge is 2.25. The maximum Gasteiger partial charge on any atom is 0.389 e. The Hall–Kier alpha value is -1.86. The normalized spacial score (nSPS) is 11.4. The summed E-state index contributed by atoms with van der Waals surface area (Å²) in [6.45, 7) is -0.0647. The van der Waals surface area contributed by atoms with Crippen LogP contribution in [-0.2, 0) is 0 Å². The third-order valence-corrected chi connectivity index (χ3v) is 2.48. The van der Waals surface area contributed by atoms with Gasteiger partial charge in [-0.3, -0.25) is 4.79 Å². The van der Waals surface area contributed by atoms with Crippen LogP contribution >= 0.6 is 0 Å². The Morgan fingerprint density at radius 2 is 1.85 bits per heavy atom. The molecule has 0 atom stereocenters. The second kappa shape index (κ2) is 6.53. The molecule has 0 aliphatic carbocycles. The second-order valence-electron chi connectivity index (χ2n) is 4.18. The summed E-state index contributed by atoms with van der Waals surface area (Å²) in [7, 11) is 0. The van der Waals surface area contributed by atoms with E-state index in [2.05, 4.69) is 5.32 Å². The van der Waals surface area contributed by atoms with Crippen LogP contribution in [0.3, 0.4) is 0 Å². The maximum atomic E-state index is 13.5. The van der Waals surface area contributed by atoms with Crippen LogP contribution in [0.1, 0.15) is 29.6 Å². The SMILES string of the molecule is Nc1cc(F)cc(C(=O)NCCCCC(F)(F)F)c1F. The Labute approximate surface area is 112 Å². The minimum absolute atomic E-state index is 0.0647. The monoisotopic (exact) mass is 296 g/mol. The average molecular weight is 296 g/mol. The second-order valence-corrected chi connectivity index (χ2v) is 4.18. The molecule has 0 saturated carbocycles. The molecule has 0 aliphatic heterocycles. The van der Waals surface area contributed by atoms with Crippen LogP contribution in [0.25, 0.3) is 0 Å². The summed E-state index contributed by atoms with van der Waals surface area (Å²) in [6.07, 6.45) is -5.27. The van der Waals surface area contributed by atoms with Crippen LogP contribution in [0.5, 0.6) is 0 Å². The predicted molar refractivity (Wildman–Crippen MR) is 63.0 cm³/mol. The zero-order chi connectivity index (χ0) is 15.3. The van der Waals surface area contributed by atoms with Gasteiger partial charge < -0.3 is 11.1 Å². The number of benzene rings is 1. The first kappa shape index (κ1) is 16.2. The Bertz CT molecular complexity index is 487. The van der Waals surface area contributed by atoms with Crippen molar-refractivity contribution in [3.05, 3.63) is 29.3 Å². The number of halogens is 5. The molecule has 0 aromatic heterocycles. The van der Waals surface area contributed by atoms with Gasteiger partial charge in [-0.25, -0.2) is 8.78 Å². The highest BCUT2D eigenvalue weighted by Crippen LogP contribution is 2.22. The summed E-state index contributed by atoms with van der Waals surface area (Å²) in [5.74, 6) is -2.84. The zero-order valence-corrected chi connectivity index (χ0v) is 10.4. The molecule has 1 aromatic carbocycles. The predicted octanol–water partition coefficient (Wildman–Crippen LogP) is 3.01. The van der Waals surface area contributed by atoms with Crippen LogP contribution in [0.2, 0.25) is 0 Å². The Kier molecular flexibility index (Phi) is 5.29. The smallest absolute Gasteiger partial charge is 0.389 e. The highest BCUT2D eigenvalue weighted by atomic mass is 19.4. The third-order valence-electron chi connectivity index (χ3n) is 2.48. The fourth-order valence-corrected chi connectivity index (χ4v) is 1.52. The first-order valence-corrected chi connectivity index (χ1v) is 5.80. The van der Waals surface area contributed by atoms with E-state index in [1.54, 1.807) is 0 Å². The number of rotatable bonds is 5. The van der Waals surface area contributed by atoms with Gasteiger partial charge in [0.1, 0.15) is 5.82 Å². The van der Waals surface area contributed by atoms with Crippen molar-refractivity contribution in [3.63, 3.8) is 0 Å². The van der Waals surface area contributed by atoms with Gasteiger partial charge in [0.05, 0.1) is 11.3 Å². The number of hydrogen-bond donors (Lipinski definition) is 2. The number of carbonyl (C=O) groups excluding carboxylic acids is 1. The van der Waals surface area contributed by atoms with Crippen molar-refractivity contribution in [2.45, 2.75) is 25.4 Å². The molecule has 0 spiro atoms. The molecule has 0 saturated heterocycles. The molecule has 0 radical (unpaired) electrons. The number of hydrogen-bond acceptors (Lipinski definition) is 2. The number of nitrogens with one attached hydrogen (secondary N) is 1. The van der Waals surface area contributed by atoms with Gasteiger partial charge in [-0.2, -0.15) is 13.2 Å². The summed E-state index contributed by atoms with van der Waals surface area (Å²) in [6, 6.07) is 1.41. The molecule has 1 aromatic rings. The number of nitrogens with two attached hydrogens (primary N) is 1. The minimum atomic E-state index is -4.24. The fourth-order valence-electron chi connectivity index (χ4n) is 1.52. The van der Waals surface area contributed by atoms with Crippen LogP contribution in [0, 0.1) is 11.6 Å². The van der Waals surface area contributed by atoms with Crippen molar-refractivity contribution in [1.29, 1.82) is 0 Å². The van der Waals surface area contributed by atoms with Gasteiger partial charge >= 0.3 is 6.18 Å². The molecule has 0 aliphatic rings. The van der Waals surface area contributed by atoms with Gasteiger partial charge in [-0.1, -0.05) is 0 Å². The molecule has 3 nitrogen and oxygen atoms in total. The third kappa shape index (κ3) is 5.02. The van der Waals surface area contributed by atoms with Crippen LogP contribution in [0.15, 0.2) is 12.1 Å². The standard InChI is InChI=1S/C12H13F5N2O/c13-7-5-8(10(14)9(18)6-7)11(20)19-4-2-1-3-12(15,16)17/h5-6H,1-4,18H2,(H,19,20). The number of unbranched alkanes of at least 4 members (excludes halogenated alkanes) is 1. The van der Waals surface area contributed by atoms with E-state index in [4.69, 9.17) is 5.73 Å². The Balaban J connectivity index is 2.48. The average Bonchev–Trinajstić information content (AvgIpc) is 2.31. The van der Waals surface area contributed by atoms with Gasteiger partial charge in [0.2, 0.25) is 0 Å². The molecule has 1 amide bonds. The van der Waals surface area contributed by atoms with E-state index in [-0.39, 0.29) is 19.4 Å². The van der Waals surface area contributed by atoms with Crippen molar-refractivity contribution < 1.29 is 26.7 Å². The molecule has 0 heterocycles. The van der Waals surface area contributed by atoms with Crippen molar-refractivity contribution in [3.8, 4) is 0 Å². The van der Waals surface area contributed by atoms with E-state index in [1.165, 1.54) is 0 Å². The highest BCUT2D eigenvalue weighted by molar-refractivity contribution is 5.95. The molecule has 0 unspecified atom stereocenters. The zero-order valence-electron chi connectivity index (χ0n) is 10.4. The van der Waals surface area contributed by atoms with Crippen molar-refractivity contribution in [1.82, 2.24) is 5.32 Å². The van der Waals surface area contributed by atoms with Gasteiger partial charge in [0.25, 0.3) is 5.91 Å². The summed E-state index contributed by atoms with van der Waals surface area (Å²) >= 11 is 0. The van der Waals surface area contributed by atoms with E-state index < -0.39 is 41.4 Å². The van der Waals surface area contributed by atoms with Gasteiger partial charge in [-0.05, 0) is 25.0 Å². The van der Waals surface area contributed by atoms with Gasteiger partial charge in [0.15, 0.2) is 5.82 Å². The van der Waals surface area contributed by atoms with E-state index in [1.807, 2.05) is 0 Å². The molecule has 20 heavy (non-hydrogen) atoms. The lowest BCUT2D eigenvalue weighted by Gasteiger charge is -2.08. The summed E-state index contributed by atoms with van der Waals surface area (Å²) in [5.41, 5.74) is 4.09. The Morgan fingerprint density at radius 1 is 1.20 bits per heavy atom. The summed E-state index contributed by atoms with van der Waals surface area (Å²) in [4.78, 5) is 11.5. The molecule has 1 rings (SSSR count). The fraction of sp³-hybridized carbons (Fsp3) is 0.417. The van der Waals surface area contributed by atoms with Crippen LogP contribution in [-0.4, -0.2) is 18.6 Å². The largest absolute Gasteiger partial charge is 0.396 e. The molecule has 112 valence electrons. The number of nitrogen functional groups attached to an aromatic ring is 1. The molecule has 0 bridgehead atoms. The van der Waals surface area contributed by atoms with Crippen molar-refractivity contribution >= 4 is 11.6 Å². The van der Waals surface area contributed by atoms with Crippen LogP contribution in [0.4, 0.5) is 27.6 Å². The quantitative estimate of drug-likeness (QED) is 0.498. The van der Waals surface area contributed by atoms with Gasteiger partial charge in [-0.15, -0.1) is 0 Å². The lowest BCUT2D eigenvalue weighted by Crippen LogP contribution is -2.26. The van der Waals surface area contributed by atoms with Crippen LogP contribution < -0.4 is 11.1 Å². The van der Waals surface area contributed by atoms with E-state index in [0.717, 1.165) is 6.07 Å². The van der Waals surface area contributed by atoms with E-state index in [0.29, 0.717) is 6.07 Å². The number of amides is 1. The molecular weight excluding hydrogens is 283 g/mol. The molecular formula is C12H13F5N2O. The maximum absolute atomic E-state index is 13.5. The lowest BCUT2D eigenvalue weighted by molar-refractivity contribution is -0.135. The van der Waals surface area contributed by atoms with Gasteiger partial charge in [0, 0.05) is 13.0 Å². The topological polar surface area (TPSA) is 55.1 Å².